The average Bonchev–Trinajstić information content (AvgIpc) is 2.95. The zero-order valence-electron chi connectivity index (χ0n) is 15.2. The van der Waals surface area contributed by atoms with Gasteiger partial charge in [-0.2, -0.15) is 0 Å². The monoisotopic (exact) mass is 325 g/mol. The summed E-state index contributed by atoms with van der Waals surface area (Å²) in [4.78, 5) is 0. The van der Waals surface area contributed by atoms with Crippen LogP contribution in [0.1, 0.15) is 56.1 Å². The maximum Gasteiger partial charge on any atom is 0.119 e. The van der Waals surface area contributed by atoms with Crippen molar-refractivity contribution >= 4 is 0 Å². The van der Waals surface area contributed by atoms with E-state index < -0.39 is 0 Å². The lowest BCUT2D eigenvalue weighted by Gasteiger charge is -2.51. The summed E-state index contributed by atoms with van der Waals surface area (Å²) in [5, 5.41) is 3.77. The third kappa shape index (κ3) is 2.42. The lowest BCUT2D eigenvalue weighted by molar-refractivity contribution is 0.0421. The third-order valence-electron chi connectivity index (χ3n) is 7.44. The smallest absolute Gasteiger partial charge is 0.119 e. The van der Waals surface area contributed by atoms with Crippen LogP contribution in [-0.4, -0.2) is 19.7 Å². The van der Waals surface area contributed by atoms with Crippen LogP contribution in [0.25, 0.3) is 0 Å². The highest BCUT2D eigenvalue weighted by atomic mass is 16.5. The van der Waals surface area contributed by atoms with Gasteiger partial charge in [-0.3, -0.25) is 0 Å². The van der Waals surface area contributed by atoms with Gasteiger partial charge in [0, 0.05) is 12.6 Å². The molecular formula is C22H31NO. The summed E-state index contributed by atoms with van der Waals surface area (Å²) in [5.74, 6) is 3.55. The first-order chi connectivity index (χ1) is 11.7. The average molecular weight is 325 g/mol. The highest BCUT2D eigenvalue weighted by Crippen LogP contribution is 2.60. The molecule has 0 aromatic heterocycles. The van der Waals surface area contributed by atoms with Gasteiger partial charge in [0.25, 0.3) is 0 Å². The molecule has 2 saturated carbocycles. The molecule has 0 bridgehead atoms. The minimum absolute atomic E-state index is 0.480. The van der Waals surface area contributed by atoms with Crippen LogP contribution in [0, 0.1) is 17.3 Å². The first-order valence-corrected chi connectivity index (χ1v) is 9.68. The fourth-order valence-corrected chi connectivity index (χ4v) is 6.25. The van der Waals surface area contributed by atoms with E-state index in [4.69, 9.17) is 4.74 Å². The SMILES string of the molecule is C=CCN[C@H]1CC[C@H]2[C@@H]3CCc4cc(OC)ccc4[C@H]3CC[C@]12C. The van der Waals surface area contributed by atoms with Gasteiger partial charge < -0.3 is 10.1 Å². The molecule has 1 aromatic carbocycles. The minimum atomic E-state index is 0.480. The van der Waals surface area contributed by atoms with Gasteiger partial charge in [-0.15, -0.1) is 6.58 Å². The number of fused-ring (bicyclic) bond motifs is 5. The number of aryl methyl sites for hydroxylation is 1. The number of hydrogen-bond acceptors (Lipinski definition) is 2. The van der Waals surface area contributed by atoms with Gasteiger partial charge in [-0.05, 0) is 85.0 Å². The zero-order valence-corrected chi connectivity index (χ0v) is 15.2. The van der Waals surface area contributed by atoms with Gasteiger partial charge in [-0.25, -0.2) is 0 Å². The van der Waals surface area contributed by atoms with Crippen LogP contribution in [0.4, 0.5) is 0 Å². The summed E-state index contributed by atoms with van der Waals surface area (Å²) in [6, 6.07) is 7.48. The molecule has 0 amide bonds. The predicted octanol–water partition coefficient (Wildman–Crippen LogP) is 4.70. The van der Waals surface area contributed by atoms with Crippen LogP contribution in [0.3, 0.4) is 0 Å². The molecule has 0 heterocycles. The Balaban J connectivity index is 1.59. The molecule has 130 valence electrons. The van der Waals surface area contributed by atoms with Crippen molar-refractivity contribution in [3.8, 4) is 5.75 Å². The molecule has 3 aliphatic rings. The Bertz CT molecular complexity index is 624. The van der Waals surface area contributed by atoms with Crippen molar-refractivity contribution in [1.82, 2.24) is 5.32 Å². The second kappa shape index (κ2) is 6.22. The quantitative estimate of drug-likeness (QED) is 0.811. The highest BCUT2D eigenvalue weighted by molar-refractivity contribution is 5.40. The molecule has 0 aliphatic heterocycles. The van der Waals surface area contributed by atoms with Gasteiger partial charge in [0.1, 0.15) is 5.75 Å². The number of rotatable bonds is 4. The van der Waals surface area contributed by atoms with Crippen molar-refractivity contribution in [1.29, 1.82) is 0 Å². The van der Waals surface area contributed by atoms with Crippen molar-refractivity contribution in [2.24, 2.45) is 17.3 Å². The maximum absolute atomic E-state index is 5.44. The topological polar surface area (TPSA) is 21.3 Å². The van der Waals surface area contributed by atoms with Crippen molar-refractivity contribution in [2.45, 2.75) is 57.4 Å². The van der Waals surface area contributed by atoms with E-state index in [1.807, 2.05) is 6.08 Å². The summed E-state index contributed by atoms with van der Waals surface area (Å²) >= 11 is 0. The Morgan fingerprint density at radius 3 is 2.96 bits per heavy atom. The summed E-state index contributed by atoms with van der Waals surface area (Å²) in [7, 11) is 1.77. The third-order valence-corrected chi connectivity index (χ3v) is 7.44. The van der Waals surface area contributed by atoms with Gasteiger partial charge in [-0.1, -0.05) is 19.1 Å². The Morgan fingerprint density at radius 1 is 1.29 bits per heavy atom. The van der Waals surface area contributed by atoms with Crippen LogP contribution in [0.2, 0.25) is 0 Å². The molecule has 3 aliphatic carbocycles. The number of nitrogens with one attached hydrogen (secondary N) is 1. The normalized spacial score (nSPS) is 37.2. The van der Waals surface area contributed by atoms with Crippen LogP contribution in [-0.2, 0) is 6.42 Å². The predicted molar refractivity (Wildman–Crippen MR) is 99.6 cm³/mol. The van der Waals surface area contributed by atoms with E-state index in [0.29, 0.717) is 11.5 Å². The Labute approximate surface area is 146 Å². The Kier molecular flexibility index (Phi) is 4.20. The molecule has 1 aromatic rings. The Morgan fingerprint density at radius 2 is 2.17 bits per heavy atom. The fraction of sp³-hybridized carbons (Fsp3) is 0.636. The van der Waals surface area contributed by atoms with Gasteiger partial charge >= 0.3 is 0 Å². The van der Waals surface area contributed by atoms with E-state index in [-0.39, 0.29) is 0 Å². The van der Waals surface area contributed by atoms with Crippen molar-refractivity contribution in [2.75, 3.05) is 13.7 Å². The molecule has 0 saturated heterocycles. The van der Waals surface area contributed by atoms with Crippen LogP contribution >= 0.6 is 0 Å². The van der Waals surface area contributed by atoms with Crippen LogP contribution in [0.5, 0.6) is 5.75 Å². The first kappa shape index (κ1) is 16.2. The van der Waals surface area contributed by atoms with E-state index in [0.717, 1.165) is 30.0 Å². The Hall–Kier alpha value is -1.28. The molecule has 2 heteroatoms. The summed E-state index contributed by atoms with van der Waals surface area (Å²) in [6.45, 7) is 7.39. The lowest BCUT2D eigenvalue weighted by atomic mass is 9.55. The van der Waals surface area contributed by atoms with Crippen molar-refractivity contribution in [3.63, 3.8) is 0 Å². The standard InChI is InChI=1S/C22H31NO/c1-4-13-23-21-10-9-20-19-7-5-15-14-16(24-3)6-8-17(15)18(19)11-12-22(20,21)2/h4,6,8,14,18-21,23H,1,5,7,9-13H2,2-3H3/t18-,19-,20+,21+,22+/m1/s1. The largest absolute Gasteiger partial charge is 0.497 e. The highest BCUT2D eigenvalue weighted by Gasteiger charge is 2.54. The van der Waals surface area contributed by atoms with E-state index in [9.17, 15) is 0 Å². The van der Waals surface area contributed by atoms with Gasteiger partial charge in [0.15, 0.2) is 0 Å². The van der Waals surface area contributed by atoms with Gasteiger partial charge in [0.2, 0.25) is 0 Å². The molecule has 1 N–H and O–H groups in total. The van der Waals surface area contributed by atoms with Crippen LogP contribution < -0.4 is 10.1 Å². The number of methoxy groups -OCH3 is 1. The van der Waals surface area contributed by atoms with Gasteiger partial charge in [0.05, 0.1) is 7.11 Å². The van der Waals surface area contributed by atoms with E-state index in [1.54, 1.807) is 18.2 Å². The second-order valence-corrected chi connectivity index (χ2v) is 8.35. The summed E-state index contributed by atoms with van der Waals surface area (Å²) in [6.07, 6.45) is 10.0. The molecule has 0 radical (unpaired) electrons. The first-order valence-electron chi connectivity index (χ1n) is 9.68. The summed E-state index contributed by atoms with van der Waals surface area (Å²) in [5.41, 5.74) is 3.64. The summed E-state index contributed by atoms with van der Waals surface area (Å²) < 4.78 is 5.44. The van der Waals surface area contributed by atoms with E-state index >= 15 is 0 Å². The van der Waals surface area contributed by atoms with Crippen molar-refractivity contribution < 1.29 is 4.74 Å². The lowest BCUT2D eigenvalue weighted by Crippen LogP contribution is -2.48. The number of hydrogen-bond donors (Lipinski definition) is 1. The molecule has 24 heavy (non-hydrogen) atoms. The second-order valence-electron chi connectivity index (χ2n) is 8.35. The minimum Gasteiger partial charge on any atom is -0.497 e. The van der Waals surface area contributed by atoms with Crippen LogP contribution in [0.15, 0.2) is 30.9 Å². The fourth-order valence-electron chi connectivity index (χ4n) is 6.25. The number of ether oxygens (including phenoxy) is 1. The molecule has 2 nitrogen and oxygen atoms in total. The van der Waals surface area contributed by atoms with E-state index in [2.05, 4.69) is 37.0 Å². The molecule has 0 spiro atoms. The zero-order chi connectivity index (χ0) is 16.7. The molecular weight excluding hydrogens is 294 g/mol. The molecule has 4 rings (SSSR count). The molecule has 2 fully saturated rings. The number of benzene rings is 1. The molecule has 0 unspecified atom stereocenters. The molecule has 5 atom stereocenters. The van der Waals surface area contributed by atoms with E-state index in [1.165, 1.54) is 38.5 Å². The maximum atomic E-state index is 5.44. The van der Waals surface area contributed by atoms with Crippen molar-refractivity contribution in [3.05, 3.63) is 42.0 Å².